The maximum atomic E-state index is 12.2. The van der Waals surface area contributed by atoms with Crippen LogP contribution in [0.5, 0.6) is 0 Å². The van der Waals surface area contributed by atoms with Crippen LogP contribution in [0, 0.1) is 0 Å². The Morgan fingerprint density at radius 3 is 2.72 bits per heavy atom. The van der Waals surface area contributed by atoms with E-state index in [-0.39, 0.29) is 5.24 Å². The number of thioether (sulfide) groups is 1. The van der Waals surface area contributed by atoms with Crippen LogP contribution in [-0.4, -0.2) is 59.6 Å². The van der Waals surface area contributed by atoms with Crippen molar-refractivity contribution in [2.75, 3.05) is 27.2 Å². The molecule has 1 aliphatic heterocycles. The maximum Gasteiger partial charge on any atom is 0.341 e. The molecular formula is C16H19N3O3S3. The highest BCUT2D eigenvalue weighted by Gasteiger charge is 2.30. The third-order valence-corrected chi connectivity index (χ3v) is 5.58. The molecule has 0 saturated carbocycles. The highest BCUT2D eigenvalue weighted by atomic mass is 32.2. The molecule has 0 bridgehead atoms. The molecule has 2 rings (SSSR count). The van der Waals surface area contributed by atoms with Gasteiger partial charge in [-0.2, -0.15) is 0 Å². The van der Waals surface area contributed by atoms with E-state index in [2.05, 4.69) is 4.99 Å². The van der Waals surface area contributed by atoms with Gasteiger partial charge in [0.25, 0.3) is 5.24 Å². The number of rotatable bonds is 6. The number of amides is 1. The number of aliphatic imine (C=N–C) groups is 1. The van der Waals surface area contributed by atoms with Gasteiger partial charge in [-0.1, -0.05) is 12.2 Å². The Bertz CT molecular complexity index is 753. The number of carbonyl (C=O) groups excluding carboxylic acids is 2. The van der Waals surface area contributed by atoms with Gasteiger partial charge >= 0.3 is 5.97 Å². The molecule has 0 radical (unpaired) electrons. The van der Waals surface area contributed by atoms with Gasteiger partial charge in [-0.25, -0.2) is 9.79 Å². The highest BCUT2D eigenvalue weighted by Crippen LogP contribution is 2.37. The summed E-state index contributed by atoms with van der Waals surface area (Å²) in [5.74, 6) is -0.415. The van der Waals surface area contributed by atoms with Crippen LogP contribution < -0.4 is 0 Å². The number of nitrogens with zero attached hydrogens (tertiary/aromatic N) is 3. The largest absolute Gasteiger partial charge is 0.462 e. The molecule has 0 aromatic carbocycles. The molecule has 6 nitrogen and oxygen atoms in total. The van der Waals surface area contributed by atoms with Crippen LogP contribution in [0.4, 0.5) is 9.80 Å². The summed E-state index contributed by atoms with van der Waals surface area (Å²) in [6.45, 7) is 4.47. The molecule has 1 amide bonds. The first-order valence-electron chi connectivity index (χ1n) is 7.64. The van der Waals surface area contributed by atoms with Gasteiger partial charge in [-0.3, -0.25) is 9.69 Å². The molecule has 0 aliphatic carbocycles. The Labute approximate surface area is 160 Å². The fourth-order valence-corrected chi connectivity index (χ4v) is 4.35. The summed E-state index contributed by atoms with van der Waals surface area (Å²) >= 11 is 7.80. The highest BCUT2D eigenvalue weighted by molar-refractivity contribution is 8.19. The van der Waals surface area contributed by atoms with E-state index in [1.54, 1.807) is 29.1 Å². The van der Waals surface area contributed by atoms with Crippen LogP contribution in [-0.2, 0) is 4.74 Å². The average Bonchev–Trinajstić information content (AvgIpc) is 3.07. The summed E-state index contributed by atoms with van der Waals surface area (Å²) in [5.41, 5.74) is 0.407. The third kappa shape index (κ3) is 4.68. The summed E-state index contributed by atoms with van der Waals surface area (Å²) in [5, 5.41) is 0.485. The molecule has 0 N–H and O–H groups in total. The Morgan fingerprint density at radius 1 is 1.44 bits per heavy atom. The van der Waals surface area contributed by atoms with Crippen LogP contribution in [0.15, 0.2) is 16.0 Å². The standard InChI is InChI=1S/C16H19N3O3S3/c1-5-19-14(23)12(25-16(19)21)8-10-7-11(15(20)22-6-2)13(24-10)17-9-18(3)4/h7-9H,5-6H2,1-4H3/b12-8-,17-9?. The Kier molecular flexibility index (Phi) is 6.74. The molecule has 1 aromatic heterocycles. The lowest BCUT2D eigenvalue weighted by Crippen LogP contribution is -2.26. The molecule has 25 heavy (non-hydrogen) atoms. The van der Waals surface area contributed by atoms with Gasteiger partial charge in [-0.05, 0) is 37.8 Å². The molecule has 1 aromatic rings. The van der Waals surface area contributed by atoms with E-state index in [9.17, 15) is 9.59 Å². The van der Waals surface area contributed by atoms with Gasteiger partial charge < -0.3 is 9.64 Å². The lowest BCUT2D eigenvalue weighted by molar-refractivity contribution is 0.0528. The number of thiocarbonyl (C=S) groups is 1. The molecule has 1 fully saturated rings. The number of carbonyl (C=O) groups is 2. The van der Waals surface area contributed by atoms with Crippen LogP contribution in [0.25, 0.3) is 6.08 Å². The Morgan fingerprint density at radius 2 is 2.16 bits per heavy atom. The smallest absolute Gasteiger partial charge is 0.341 e. The molecule has 1 aliphatic rings. The van der Waals surface area contributed by atoms with Gasteiger partial charge in [0.2, 0.25) is 0 Å². The van der Waals surface area contributed by atoms with E-state index in [0.717, 1.165) is 16.6 Å². The minimum atomic E-state index is -0.415. The van der Waals surface area contributed by atoms with E-state index >= 15 is 0 Å². The zero-order valence-corrected chi connectivity index (χ0v) is 16.9. The zero-order valence-electron chi connectivity index (χ0n) is 14.4. The molecule has 2 heterocycles. The van der Waals surface area contributed by atoms with Crippen molar-refractivity contribution in [2.45, 2.75) is 13.8 Å². The van der Waals surface area contributed by atoms with Crippen LogP contribution in [0.2, 0.25) is 0 Å². The summed E-state index contributed by atoms with van der Waals surface area (Å²) < 4.78 is 5.10. The van der Waals surface area contributed by atoms with Crippen molar-refractivity contribution in [1.29, 1.82) is 0 Å². The van der Waals surface area contributed by atoms with E-state index in [1.807, 2.05) is 27.1 Å². The van der Waals surface area contributed by atoms with Crippen molar-refractivity contribution >= 4 is 68.9 Å². The lowest BCUT2D eigenvalue weighted by atomic mass is 10.3. The minimum Gasteiger partial charge on any atom is -0.462 e. The fraction of sp³-hybridized carbons (Fsp3) is 0.375. The van der Waals surface area contributed by atoms with Crippen molar-refractivity contribution < 1.29 is 14.3 Å². The lowest BCUT2D eigenvalue weighted by Gasteiger charge is -2.09. The van der Waals surface area contributed by atoms with Gasteiger partial charge in [-0.15, -0.1) is 11.3 Å². The average molecular weight is 398 g/mol. The zero-order chi connectivity index (χ0) is 18.6. The van der Waals surface area contributed by atoms with Gasteiger partial charge in [0, 0.05) is 25.5 Å². The van der Waals surface area contributed by atoms with Crippen molar-refractivity contribution in [3.8, 4) is 0 Å². The molecule has 0 unspecified atom stereocenters. The van der Waals surface area contributed by atoms with Gasteiger partial charge in [0.15, 0.2) is 0 Å². The van der Waals surface area contributed by atoms with Crippen LogP contribution in [0.1, 0.15) is 29.1 Å². The van der Waals surface area contributed by atoms with Crippen LogP contribution >= 0.6 is 35.3 Å². The van der Waals surface area contributed by atoms with Crippen LogP contribution in [0.3, 0.4) is 0 Å². The molecule has 134 valence electrons. The summed E-state index contributed by atoms with van der Waals surface area (Å²) in [7, 11) is 3.70. The number of ether oxygens (including phenoxy) is 1. The molecule has 1 saturated heterocycles. The topological polar surface area (TPSA) is 62.2 Å². The van der Waals surface area contributed by atoms with E-state index in [1.165, 1.54) is 11.3 Å². The first-order valence-corrected chi connectivity index (χ1v) is 9.68. The summed E-state index contributed by atoms with van der Waals surface area (Å²) in [6, 6.07) is 1.72. The summed E-state index contributed by atoms with van der Waals surface area (Å²) in [4.78, 5) is 33.8. The van der Waals surface area contributed by atoms with E-state index in [4.69, 9.17) is 17.0 Å². The van der Waals surface area contributed by atoms with E-state index in [0.29, 0.717) is 33.6 Å². The number of esters is 1. The molecular weight excluding hydrogens is 378 g/mol. The van der Waals surface area contributed by atoms with Gasteiger partial charge in [0.1, 0.15) is 9.99 Å². The van der Waals surface area contributed by atoms with E-state index < -0.39 is 5.97 Å². The number of hydrogen-bond donors (Lipinski definition) is 0. The molecule has 0 atom stereocenters. The Hall–Kier alpha value is -1.71. The SMILES string of the molecule is CCOC(=O)c1cc(/C=C2\SC(=O)N(CC)C2=S)sc1N=CN(C)C. The minimum absolute atomic E-state index is 0.0771. The molecule has 9 heteroatoms. The Balaban J connectivity index is 2.37. The second-order valence-electron chi connectivity index (χ2n) is 5.22. The van der Waals surface area contributed by atoms with Gasteiger partial charge in [0.05, 0.1) is 23.4 Å². The van der Waals surface area contributed by atoms with Crippen molar-refractivity contribution in [3.63, 3.8) is 0 Å². The van der Waals surface area contributed by atoms with Crippen molar-refractivity contribution in [2.24, 2.45) is 4.99 Å². The third-order valence-electron chi connectivity index (χ3n) is 3.10. The second kappa shape index (κ2) is 8.59. The monoisotopic (exact) mass is 397 g/mol. The van der Waals surface area contributed by atoms with Crippen molar-refractivity contribution in [3.05, 3.63) is 21.4 Å². The number of thiophene rings is 1. The number of hydrogen-bond acceptors (Lipinski definition) is 7. The molecule has 0 spiro atoms. The normalized spacial score (nSPS) is 16.3. The first-order chi connectivity index (χ1) is 11.9. The number of likely N-dealkylation sites (N-methyl/N-ethyl adjacent to an activating group) is 1. The predicted molar refractivity (Wildman–Crippen MR) is 108 cm³/mol. The maximum absolute atomic E-state index is 12.2. The quantitative estimate of drug-likeness (QED) is 0.238. The van der Waals surface area contributed by atoms with Crippen molar-refractivity contribution in [1.82, 2.24) is 9.80 Å². The first kappa shape index (κ1) is 19.6. The predicted octanol–water partition coefficient (Wildman–Crippen LogP) is 4.00. The summed E-state index contributed by atoms with van der Waals surface area (Å²) in [6.07, 6.45) is 3.45. The fourth-order valence-electron chi connectivity index (χ4n) is 1.99. The second-order valence-corrected chi connectivity index (χ2v) is 7.66.